The molecule has 2 aromatic rings. The minimum atomic E-state index is -0.988. The van der Waals surface area contributed by atoms with E-state index in [4.69, 9.17) is 5.11 Å². The smallest absolute Gasteiger partial charge is 0.335 e. The van der Waals surface area contributed by atoms with Crippen molar-refractivity contribution in [2.45, 2.75) is 19.0 Å². The lowest BCUT2D eigenvalue weighted by Crippen LogP contribution is -2.19. The Morgan fingerprint density at radius 2 is 1.83 bits per heavy atom. The Morgan fingerprint density at radius 1 is 1.21 bits per heavy atom. The predicted octanol–water partition coefficient (Wildman–Crippen LogP) is 2.03. The third kappa shape index (κ3) is 5.47. The van der Waals surface area contributed by atoms with E-state index < -0.39 is 5.97 Å². The Kier molecular flexibility index (Phi) is 6.02. The lowest BCUT2D eigenvalue weighted by Gasteiger charge is -2.02. The number of carboxylic acids is 1. The standard InChI is InChI=1S/C16H16N4O3S/c1-10-7-11(2)19-16(18-10)24-9-14(21)20-17-8-12-3-5-13(6-4-12)15(22)23/h3-8H,9H2,1-2H3,(H,20,21)(H,22,23). The maximum absolute atomic E-state index is 11.7. The molecule has 0 saturated heterocycles. The number of thioether (sulfide) groups is 1. The van der Waals surface area contributed by atoms with Gasteiger partial charge in [0.2, 0.25) is 0 Å². The van der Waals surface area contributed by atoms with Gasteiger partial charge in [0.1, 0.15) is 0 Å². The molecule has 1 aromatic heterocycles. The number of nitrogens with one attached hydrogen (secondary N) is 1. The maximum Gasteiger partial charge on any atom is 0.335 e. The highest BCUT2D eigenvalue weighted by molar-refractivity contribution is 7.99. The predicted molar refractivity (Wildman–Crippen MR) is 91.4 cm³/mol. The van der Waals surface area contributed by atoms with Crippen molar-refractivity contribution in [3.63, 3.8) is 0 Å². The molecule has 0 bridgehead atoms. The maximum atomic E-state index is 11.7. The number of carboxylic acid groups (broad SMARTS) is 1. The van der Waals surface area contributed by atoms with Crippen LogP contribution in [0, 0.1) is 13.8 Å². The number of aryl methyl sites for hydroxylation is 2. The number of aromatic nitrogens is 2. The van der Waals surface area contributed by atoms with Gasteiger partial charge in [0.25, 0.3) is 5.91 Å². The fraction of sp³-hybridized carbons (Fsp3) is 0.188. The van der Waals surface area contributed by atoms with Crippen molar-refractivity contribution in [2.24, 2.45) is 5.10 Å². The van der Waals surface area contributed by atoms with Crippen LogP contribution in [0.4, 0.5) is 0 Å². The molecular formula is C16H16N4O3S. The second-order valence-corrected chi connectivity index (χ2v) is 5.88. The van der Waals surface area contributed by atoms with E-state index >= 15 is 0 Å². The summed E-state index contributed by atoms with van der Waals surface area (Å²) in [6, 6.07) is 8.02. The highest BCUT2D eigenvalue weighted by Crippen LogP contribution is 2.13. The van der Waals surface area contributed by atoms with Crippen molar-refractivity contribution in [1.82, 2.24) is 15.4 Å². The molecule has 0 radical (unpaired) electrons. The molecule has 0 saturated carbocycles. The van der Waals surface area contributed by atoms with Gasteiger partial charge in [-0.05, 0) is 37.6 Å². The number of aromatic carboxylic acids is 1. The molecule has 1 amide bonds. The van der Waals surface area contributed by atoms with Gasteiger partial charge in [-0.3, -0.25) is 4.79 Å². The molecule has 0 fully saturated rings. The summed E-state index contributed by atoms with van der Waals surface area (Å²) in [5.74, 6) is -1.11. The topological polar surface area (TPSA) is 105 Å². The van der Waals surface area contributed by atoms with Crippen LogP contribution in [-0.4, -0.2) is 38.9 Å². The third-order valence-electron chi connectivity index (χ3n) is 2.85. The Balaban J connectivity index is 1.83. The first-order chi connectivity index (χ1) is 11.4. The minimum Gasteiger partial charge on any atom is -0.478 e. The molecule has 1 aromatic carbocycles. The molecule has 7 nitrogen and oxygen atoms in total. The first-order valence-corrected chi connectivity index (χ1v) is 8.03. The summed E-state index contributed by atoms with van der Waals surface area (Å²) in [7, 11) is 0. The zero-order valence-electron chi connectivity index (χ0n) is 13.2. The van der Waals surface area contributed by atoms with Crippen molar-refractivity contribution in [2.75, 3.05) is 5.75 Å². The molecule has 24 heavy (non-hydrogen) atoms. The van der Waals surface area contributed by atoms with Gasteiger partial charge in [-0.15, -0.1) is 0 Å². The SMILES string of the molecule is Cc1cc(C)nc(SCC(=O)NN=Cc2ccc(C(=O)O)cc2)n1. The average Bonchev–Trinajstić information content (AvgIpc) is 2.52. The van der Waals surface area contributed by atoms with Crippen molar-refractivity contribution in [3.05, 3.63) is 52.8 Å². The minimum absolute atomic E-state index is 0.151. The zero-order chi connectivity index (χ0) is 17.5. The molecule has 8 heteroatoms. The van der Waals surface area contributed by atoms with E-state index in [0.29, 0.717) is 10.7 Å². The average molecular weight is 344 g/mol. The molecule has 1 heterocycles. The molecule has 0 aliphatic carbocycles. The molecule has 0 spiro atoms. The van der Waals surface area contributed by atoms with Gasteiger partial charge >= 0.3 is 5.97 Å². The second-order valence-electron chi connectivity index (χ2n) is 4.94. The van der Waals surface area contributed by atoms with Crippen LogP contribution in [0.5, 0.6) is 0 Å². The number of benzene rings is 1. The number of rotatable bonds is 6. The summed E-state index contributed by atoms with van der Waals surface area (Å²) in [6.07, 6.45) is 1.45. The molecule has 0 unspecified atom stereocenters. The van der Waals surface area contributed by atoms with Crippen LogP contribution in [-0.2, 0) is 4.79 Å². The number of hydrazone groups is 1. The van der Waals surface area contributed by atoms with Gasteiger partial charge in [0.05, 0.1) is 17.5 Å². The van der Waals surface area contributed by atoms with Gasteiger partial charge < -0.3 is 5.11 Å². The number of nitrogens with zero attached hydrogens (tertiary/aromatic N) is 3. The van der Waals surface area contributed by atoms with Crippen LogP contribution < -0.4 is 5.43 Å². The lowest BCUT2D eigenvalue weighted by molar-refractivity contribution is -0.118. The molecule has 0 aliphatic rings. The fourth-order valence-electron chi connectivity index (χ4n) is 1.81. The Hall–Kier alpha value is -2.74. The van der Waals surface area contributed by atoms with Crippen molar-refractivity contribution < 1.29 is 14.7 Å². The van der Waals surface area contributed by atoms with E-state index in [2.05, 4.69) is 20.5 Å². The van der Waals surface area contributed by atoms with Gasteiger partial charge in [0, 0.05) is 11.4 Å². The highest BCUT2D eigenvalue weighted by atomic mass is 32.2. The van der Waals surface area contributed by atoms with Gasteiger partial charge in [-0.2, -0.15) is 5.10 Å². The number of carbonyl (C=O) groups is 2. The molecule has 0 atom stereocenters. The van der Waals surface area contributed by atoms with E-state index in [1.807, 2.05) is 19.9 Å². The fourth-order valence-corrected chi connectivity index (χ4v) is 2.55. The van der Waals surface area contributed by atoms with E-state index in [9.17, 15) is 9.59 Å². The van der Waals surface area contributed by atoms with Crippen molar-refractivity contribution >= 4 is 29.9 Å². The summed E-state index contributed by atoms with van der Waals surface area (Å²) in [4.78, 5) is 31.0. The van der Waals surface area contributed by atoms with Gasteiger partial charge in [-0.25, -0.2) is 20.2 Å². The summed E-state index contributed by atoms with van der Waals surface area (Å²) < 4.78 is 0. The van der Waals surface area contributed by atoms with Crippen LogP contribution >= 0.6 is 11.8 Å². The summed E-state index contributed by atoms with van der Waals surface area (Å²) in [5.41, 5.74) is 5.00. The monoisotopic (exact) mass is 344 g/mol. The first kappa shape index (κ1) is 17.6. The summed E-state index contributed by atoms with van der Waals surface area (Å²) in [6.45, 7) is 3.75. The first-order valence-electron chi connectivity index (χ1n) is 7.04. The zero-order valence-corrected chi connectivity index (χ0v) is 14.0. The summed E-state index contributed by atoms with van der Waals surface area (Å²) >= 11 is 1.23. The van der Waals surface area contributed by atoms with Crippen molar-refractivity contribution in [3.8, 4) is 0 Å². The van der Waals surface area contributed by atoms with Crippen LogP contribution in [0.3, 0.4) is 0 Å². The normalized spacial score (nSPS) is 10.8. The van der Waals surface area contributed by atoms with Crippen LogP contribution in [0.25, 0.3) is 0 Å². The van der Waals surface area contributed by atoms with E-state index in [-0.39, 0.29) is 17.2 Å². The molecular weight excluding hydrogens is 328 g/mol. The Morgan fingerprint density at radius 3 is 2.42 bits per heavy atom. The molecule has 2 rings (SSSR count). The van der Waals surface area contributed by atoms with Crippen molar-refractivity contribution in [1.29, 1.82) is 0 Å². The van der Waals surface area contributed by atoms with Gasteiger partial charge in [-0.1, -0.05) is 23.9 Å². The third-order valence-corrected chi connectivity index (χ3v) is 3.70. The summed E-state index contributed by atoms with van der Waals surface area (Å²) in [5, 5.41) is 13.2. The Labute approximate surface area is 143 Å². The number of amides is 1. The number of hydrogen-bond acceptors (Lipinski definition) is 6. The number of carbonyl (C=O) groups excluding carboxylic acids is 1. The molecule has 0 aliphatic heterocycles. The van der Waals surface area contributed by atoms with Gasteiger partial charge in [0.15, 0.2) is 5.16 Å². The quantitative estimate of drug-likeness (QED) is 0.360. The molecule has 124 valence electrons. The second kappa shape index (κ2) is 8.21. The van der Waals surface area contributed by atoms with E-state index in [1.165, 1.54) is 30.1 Å². The van der Waals surface area contributed by atoms with Crippen LogP contribution in [0.1, 0.15) is 27.3 Å². The van der Waals surface area contributed by atoms with E-state index in [1.54, 1.807) is 12.1 Å². The Bertz CT molecular complexity index is 755. The molecule has 2 N–H and O–H groups in total. The highest BCUT2D eigenvalue weighted by Gasteiger charge is 2.05. The largest absolute Gasteiger partial charge is 0.478 e. The van der Waals surface area contributed by atoms with Crippen LogP contribution in [0.15, 0.2) is 40.6 Å². The lowest BCUT2D eigenvalue weighted by atomic mass is 10.1. The number of hydrogen-bond donors (Lipinski definition) is 2. The van der Waals surface area contributed by atoms with Crippen LogP contribution in [0.2, 0.25) is 0 Å². The van der Waals surface area contributed by atoms with E-state index in [0.717, 1.165) is 11.4 Å².